The SMILES string of the molecule is N#CC1(CNCc2ccc(Cl)cc2Cl)CCC1. The van der Waals surface area contributed by atoms with E-state index in [1.807, 2.05) is 12.1 Å². The Balaban J connectivity index is 1.88. The van der Waals surface area contributed by atoms with Crippen LogP contribution in [0.4, 0.5) is 0 Å². The van der Waals surface area contributed by atoms with Crippen molar-refractivity contribution in [1.82, 2.24) is 5.32 Å². The summed E-state index contributed by atoms with van der Waals surface area (Å²) in [6, 6.07) is 7.89. The average Bonchev–Trinajstić information content (AvgIpc) is 2.25. The Labute approximate surface area is 112 Å². The van der Waals surface area contributed by atoms with E-state index in [1.165, 1.54) is 0 Å². The molecule has 0 aliphatic heterocycles. The third kappa shape index (κ3) is 2.93. The van der Waals surface area contributed by atoms with Crippen LogP contribution in [-0.2, 0) is 6.54 Å². The van der Waals surface area contributed by atoms with Crippen molar-refractivity contribution in [2.45, 2.75) is 25.8 Å². The van der Waals surface area contributed by atoms with Gasteiger partial charge in [0.05, 0.1) is 11.5 Å². The molecule has 1 saturated carbocycles. The van der Waals surface area contributed by atoms with Crippen molar-refractivity contribution >= 4 is 23.2 Å². The summed E-state index contributed by atoms with van der Waals surface area (Å²) in [4.78, 5) is 0. The van der Waals surface area contributed by atoms with Gasteiger partial charge in [0.2, 0.25) is 0 Å². The van der Waals surface area contributed by atoms with E-state index in [2.05, 4.69) is 11.4 Å². The van der Waals surface area contributed by atoms with Crippen molar-refractivity contribution in [3.05, 3.63) is 33.8 Å². The van der Waals surface area contributed by atoms with E-state index < -0.39 is 0 Å². The first-order valence-corrected chi connectivity index (χ1v) is 6.47. The number of rotatable bonds is 4. The van der Waals surface area contributed by atoms with Crippen molar-refractivity contribution in [2.75, 3.05) is 6.54 Å². The summed E-state index contributed by atoms with van der Waals surface area (Å²) in [5.41, 5.74) is 0.877. The van der Waals surface area contributed by atoms with E-state index in [1.54, 1.807) is 6.07 Å². The van der Waals surface area contributed by atoms with Gasteiger partial charge in [0.25, 0.3) is 0 Å². The van der Waals surface area contributed by atoms with Gasteiger partial charge >= 0.3 is 0 Å². The van der Waals surface area contributed by atoms with Crippen LogP contribution in [0.5, 0.6) is 0 Å². The van der Waals surface area contributed by atoms with Crippen molar-refractivity contribution < 1.29 is 0 Å². The van der Waals surface area contributed by atoms with Gasteiger partial charge in [-0.2, -0.15) is 5.26 Å². The molecular formula is C13H14Cl2N2. The van der Waals surface area contributed by atoms with Gasteiger partial charge in [-0.3, -0.25) is 0 Å². The lowest BCUT2D eigenvalue weighted by Crippen LogP contribution is -2.38. The topological polar surface area (TPSA) is 35.8 Å². The van der Waals surface area contributed by atoms with Crippen LogP contribution < -0.4 is 5.32 Å². The maximum atomic E-state index is 9.09. The largest absolute Gasteiger partial charge is 0.311 e. The molecule has 0 spiro atoms. The minimum Gasteiger partial charge on any atom is -0.311 e. The van der Waals surface area contributed by atoms with Crippen LogP contribution in [0.2, 0.25) is 10.0 Å². The fourth-order valence-corrected chi connectivity index (χ4v) is 2.51. The second-order valence-corrected chi connectivity index (χ2v) is 5.43. The molecule has 0 bridgehead atoms. The molecule has 17 heavy (non-hydrogen) atoms. The molecular weight excluding hydrogens is 255 g/mol. The average molecular weight is 269 g/mol. The number of benzene rings is 1. The van der Waals surface area contributed by atoms with Crippen LogP contribution in [0.3, 0.4) is 0 Å². The lowest BCUT2D eigenvalue weighted by atomic mass is 9.70. The molecule has 1 N–H and O–H groups in total. The zero-order valence-corrected chi connectivity index (χ0v) is 11.0. The number of nitriles is 1. The third-order valence-corrected chi connectivity index (χ3v) is 3.93. The van der Waals surface area contributed by atoms with E-state index in [4.69, 9.17) is 28.5 Å². The highest BCUT2D eigenvalue weighted by molar-refractivity contribution is 6.35. The minimum atomic E-state index is -0.140. The van der Waals surface area contributed by atoms with E-state index in [-0.39, 0.29) is 5.41 Å². The van der Waals surface area contributed by atoms with Gasteiger partial charge in [-0.05, 0) is 30.5 Å². The van der Waals surface area contributed by atoms with Crippen molar-refractivity contribution in [3.63, 3.8) is 0 Å². The monoisotopic (exact) mass is 268 g/mol. The van der Waals surface area contributed by atoms with Gasteiger partial charge < -0.3 is 5.32 Å². The number of nitrogens with zero attached hydrogens (tertiary/aromatic N) is 1. The quantitative estimate of drug-likeness (QED) is 0.902. The minimum absolute atomic E-state index is 0.140. The summed E-state index contributed by atoms with van der Waals surface area (Å²) in [5, 5.41) is 13.7. The maximum Gasteiger partial charge on any atom is 0.0703 e. The molecule has 0 saturated heterocycles. The zero-order chi connectivity index (χ0) is 12.3. The highest BCUT2D eigenvalue weighted by Gasteiger charge is 2.36. The van der Waals surface area contributed by atoms with E-state index >= 15 is 0 Å². The van der Waals surface area contributed by atoms with E-state index in [9.17, 15) is 0 Å². The summed E-state index contributed by atoms with van der Waals surface area (Å²) in [7, 11) is 0. The number of hydrogen-bond acceptors (Lipinski definition) is 2. The molecule has 4 heteroatoms. The van der Waals surface area contributed by atoms with Gasteiger partial charge in [-0.1, -0.05) is 35.7 Å². The van der Waals surface area contributed by atoms with Gasteiger partial charge in [0, 0.05) is 23.1 Å². The Morgan fingerprint density at radius 3 is 2.65 bits per heavy atom. The van der Waals surface area contributed by atoms with Gasteiger partial charge in [-0.15, -0.1) is 0 Å². The predicted octanol–water partition coefficient (Wildman–Crippen LogP) is 3.78. The molecule has 0 heterocycles. The fourth-order valence-electron chi connectivity index (χ4n) is 2.03. The predicted molar refractivity (Wildman–Crippen MR) is 70.1 cm³/mol. The summed E-state index contributed by atoms with van der Waals surface area (Å²) in [6.45, 7) is 1.42. The molecule has 1 aliphatic carbocycles. The molecule has 1 aliphatic rings. The second kappa shape index (κ2) is 5.27. The van der Waals surface area contributed by atoms with Crippen LogP contribution in [0.25, 0.3) is 0 Å². The van der Waals surface area contributed by atoms with E-state index in [0.717, 1.165) is 31.4 Å². The first-order valence-electron chi connectivity index (χ1n) is 5.71. The van der Waals surface area contributed by atoms with Crippen LogP contribution in [0, 0.1) is 16.7 Å². The molecule has 0 amide bonds. The molecule has 2 nitrogen and oxygen atoms in total. The first-order chi connectivity index (χ1) is 8.15. The summed E-state index contributed by atoms with van der Waals surface area (Å²) >= 11 is 11.9. The Hall–Kier alpha value is -0.750. The van der Waals surface area contributed by atoms with Crippen molar-refractivity contribution in [1.29, 1.82) is 5.26 Å². The standard InChI is InChI=1S/C13H14Cl2N2/c14-11-3-2-10(12(15)6-11)7-17-9-13(8-16)4-1-5-13/h2-3,6,17H,1,4-5,7,9H2. The highest BCUT2D eigenvalue weighted by atomic mass is 35.5. The molecule has 90 valence electrons. The van der Waals surface area contributed by atoms with Crippen molar-refractivity contribution in [3.8, 4) is 6.07 Å². The summed E-state index contributed by atoms with van der Waals surface area (Å²) in [6.07, 6.45) is 3.17. The molecule has 1 aromatic rings. The Morgan fingerprint density at radius 1 is 1.35 bits per heavy atom. The van der Waals surface area contributed by atoms with Gasteiger partial charge in [-0.25, -0.2) is 0 Å². The fraction of sp³-hybridized carbons (Fsp3) is 0.462. The number of halogens is 2. The third-order valence-electron chi connectivity index (χ3n) is 3.34. The lowest BCUT2D eigenvalue weighted by Gasteiger charge is -2.35. The molecule has 2 rings (SSSR count). The van der Waals surface area contributed by atoms with E-state index in [0.29, 0.717) is 16.6 Å². The molecule has 0 unspecified atom stereocenters. The summed E-state index contributed by atoms with van der Waals surface area (Å²) < 4.78 is 0. The molecule has 1 fully saturated rings. The number of nitrogens with one attached hydrogen (secondary N) is 1. The van der Waals surface area contributed by atoms with Gasteiger partial charge in [0.15, 0.2) is 0 Å². The molecule has 0 atom stereocenters. The van der Waals surface area contributed by atoms with Crippen LogP contribution >= 0.6 is 23.2 Å². The molecule has 0 aromatic heterocycles. The lowest BCUT2D eigenvalue weighted by molar-refractivity contribution is 0.206. The van der Waals surface area contributed by atoms with Crippen LogP contribution in [0.15, 0.2) is 18.2 Å². The zero-order valence-electron chi connectivity index (χ0n) is 9.47. The first kappa shape index (κ1) is 12.7. The Morgan fingerprint density at radius 2 is 2.12 bits per heavy atom. The van der Waals surface area contributed by atoms with Crippen molar-refractivity contribution in [2.24, 2.45) is 5.41 Å². The molecule has 0 radical (unpaired) electrons. The number of hydrogen-bond donors (Lipinski definition) is 1. The normalized spacial score (nSPS) is 17.2. The summed E-state index contributed by atoms with van der Waals surface area (Å²) in [5.74, 6) is 0. The molecule has 1 aromatic carbocycles. The smallest absolute Gasteiger partial charge is 0.0703 e. The second-order valence-electron chi connectivity index (χ2n) is 4.58. The van der Waals surface area contributed by atoms with Crippen LogP contribution in [-0.4, -0.2) is 6.54 Å². The Bertz CT molecular complexity index is 447. The highest BCUT2D eigenvalue weighted by Crippen LogP contribution is 2.39. The maximum absolute atomic E-state index is 9.09. The van der Waals surface area contributed by atoms with Crippen LogP contribution in [0.1, 0.15) is 24.8 Å². The van der Waals surface area contributed by atoms with Gasteiger partial charge in [0.1, 0.15) is 0 Å². The Kier molecular flexibility index (Phi) is 3.93.